The Hall–Kier alpha value is -0.440. The second-order valence-corrected chi connectivity index (χ2v) is 6.14. The summed E-state index contributed by atoms with van der Waals surface area (Å²) in [6.07, 6.45) is 2.68. The Morgan fingerprint density at radius 2 is 2.00 bits per heavy atom. The molecule has 2 bridgehead atoms. The molecular weight excluding hydrogens is 240 g/mol. The number of thioether (sulfide) groups is 1. The van der Waals surface area contributed by atoms with Crippen molar-refractivity contribution in [3.05, 3.63) is 41.4 Å². The number of allylic oxidation sites excluding steroid dienone is 1. The highest BCUT2D eigenvalue weighted by atomic mass is 35.5. The molecule has 0 spiro atoms. The molecular formula is C13H13ClOS. The van der Waals surface area contributed by atoms with Crippen LogP contribution in [0.5, 0.6) is 0 Å². The summed E-state index contributed by atoms with van der Waals surface area (Å²) in [6, 6.07) is 10.4. The Morgan fingerprint density at radius 1 is 1.25 bits per heavy atom. The fraction of sp³-hybridized carbons (Fsp3) is 0.385. The first-order valence-electron chi connectivity index (χ1n) is 5.52. The van der Waals surface area contributed by atoms with Gasteiger partial charge in [0.1, 0.15) is 0 Å². The van der Waals surface area contributed by atoms with Crippen molar-refractivity contribution in [1.29, 1.82) is 0 Å². The Balaban J connectivity index is 1.76. The van der Waals surface area contributed by atoms with Crippen LogP contribution in [0, 0.1) is 11.8 Å². The summed E-state index contributed by atoms with van der Waals surface area (Å²) in [5.74, 6) is 0.888. The van der Waals surface area contributed by atoms with Crippen molar-refractivity contribution in [2.75, 3.05) is 0 Å². The minimum Gasteiger partial charge on any atom is -0.387 e. The van der Waals surface area contributed by atoms with Crippen LogP contribution in [0.15, 0.2) is 46.3 Å². The minimum atomic E-state index is -0.437. The first kappa shape index (κ1) is 10.7. The minimum absolute atomic E-state index is 0.340. The largest absolute Gasteiger partial charge is 0.387 e. The number of fused-ring (bicyclic) bond motifs is 1. The monoisotopic (exact) mass is 252 g/mol. The predicted molar refractivity (Wildman–Crippen MR) is 67.6 cm³/mol. The van der Waals surface area contributed by atoms with Gasteiger partial charge in [0.15, 0.2) is 0 Å². The Morgan fingerprint density at radius 3 is 2.69 bits per heavy atom. The first-order chi connectivity index (χ1) is 7.75. The van der Waals surface area contributed by atoms with E-state index in [2.05, 4.69) is 24.3 Å². The highest BCUT2D eigenvalue weighted by molar-refractivity contribution is 8.00. The number of rotatable bonds is 2. The molecule has 1 saturated carbocycles. The fourth-order valence-corrected chi connectivity index (χ4v) is 4.27. The maximum absolute atomic E-state index is 9.92. The lowest BCUT2D eigenvalue weighted by Gasteiger charge is -2.49. The lowest BCUT2D eigenvalue weighted by atomic mass is 9.67. The lowest BCUT2D eigenvalue weighted by Crippen LogP contribution is -2.49. The smallest absolute Gasteiger partial charge is 0.0931 e. The van der Waals surface area contributed by atoms with Crippen LogP contribution in [0.3, 0.4) is 0 Å². The Bertz CT molecular complexity index is 417. The van der Waals surface area contributed by atoms with E-state index in [1.807, 2.05) is 23.9 Å². The van der Waals surface area contributed by atoms with Crippen molar-refractivity contribution in [3.8, 4) is 0 Å². The van der Waals surface area contributed by atoms with Crippen molar-refractivity contribution in [3.63, 3.8) is 0 Å². The molecule has 3 aliphatic rings. The Kier molecular flexibility index (Phi) is 2.74. The standard InChI is InChI=1S/C13H13ClOS/c14-11-7-8-6-10(12(11)15)13(8)16-9-4-2-1-3-5-9/h1-5,7-8,10,12-13,15H,6H2/t8-,10+,12+,13+/m0/s1. The third-order valence-electron chi connectivity index (χ3n) is 3.47. The van der Waals surface area contributed by atoms with Gasteiger partial charge in [-0.2, -0.15) is 0 Å². The van der Waals surface area contributed by atoms with Gasteiger partial charge in [0.2, 0.25) is 0 Å². The molecule has 4 rings (SSSR count). The van der Waals surface area contributed by atoms with Crippen LogP contribution in [-0.4, -0.2) is 16.5 Å². The van der Waals surface area contributed by atoms with E-state index in [4.69, 9.17) is 11.6 Å². The highest BCUT2D eigenvalue weighted by Crippen LogP contribution is 2.53. The molecule has 1 N–H and O–H groups in total. The number of benzene rings is 1. The highest BCUT2D eigenvalue weighted by Gasteiger charge is 2.48. The van der Waals surface area contributed by atoms with E-state index in [9.17, 15) is 5.11 Å². The summed E-state index contributed by atoms with van der Waals surface area (Å²) in [5.41, 5.74) is 0. The molecule has 1 aromatic rings. The van der Waals surface area contributed by atoms with E-state index < -0.39 is 6.10 Å². The summed E-state index contributed by atoms with van der Waals surface area (Å²) < 4.78 is 0. The van der Waals surface area contributed by atoms with Crippen LogP contribution in [0.2, 0.25) is 0 Å². The van der Waals surface area contributed by atoms with Crippen molar-refractivity contribution >= 4 is 23.4 Å². The van der Waals surface area contributed by atoms with Crippen LogP contribution in [0.25, 0.3) is 0 Å². The molecule has 0 aliphatic heterocycles. The topological polar surface area (TPSA) is 20.2 Å². The first-order valence-corrected chi connectivity index (χ1v) is 6.78. The predicted octanol–water partition coefficient (Wildman–Crippen LogP) is 3.28. The van der Waals surface area contributed by atoms with E-state index in [-0.39, 0.29) is 0 Å². The van der Waals surface area contributed by atoms with E-state index in [1.54, 1.807) is 0 Å². The third kappa shape index (κ3) is 1.69. The van der Waals surface area contributed by atoms with Gasteiger partial charge in [-0.3, -0.25) is 0 Å². The van der Waals surface area contributed by atoms with E-state index in [1.165, 1.54) is 4.90 Å². The van der Waals surface area contributed by atoms with Crippen LogP contribution < -0.4 is 0 Å². The maximum Gasteiger partial charge on any atom is 0.0931 e. The zero-order valence-corrected chi connectivity index (χ0v) is 10.3. The summed E-state index contributed by atoms with van der Waals surface area (Å²) >= 11 is 7.83. The molecule has 0 unspecified atom stereocenters. The van der Waals surface area contributed by atoms with Crippen LogP contribution in [0.4, 0.5) is 0 Å². The van der Waals surface area contributed by atoms with Crippen LogP contribution >= 0.6 is 23.4 Å². The molecule has 84 valence electrons. The lowest BCUT2D eigenvalue weighted by molar-refractivity contribution is 0.0635. The summed E-state index contributed by atoms with van der Waals surface area (Å²) in [6.45, 7) is 0. The van der Waals surface area contributed by atoms with E-state index in [0.717, 1.165) is 6.42 Å². The fourth-order valence-electron chi connectivity index (χ4n) is 2.51. The van der Waals surface area contributed by atoms with Gasteiger partial charge < -0.3 is 5.11 Å². The van der Waals surface area contributed by atoms with Crippen molar-refractivity contribution < 1.29 is 5.11 Å². The third-order valence-corrected chi connectivity index (χ3v) is 5.33. The van der Waals surface area contributed by atoms with Crippen molar-refractivity contribution in [2.24, 2.45) is 11.8 Å². The molecule has 1 nitrogen and oxygen atoms in total. The summed E-state index contributed by atoms with van der Waals surface area (Å²) in [4.78, 5) is 1.28. The zero-order valence-electron chi connectivity index (χ0n) is 8.71. The zero-order chi connectivity index (χ0) is 11.1. The molecule has 1 fully saturated rings. The molecule has 0 heterocycles. The van der Waals surface area contributed by atoms with Gasteiger partial charge in [-0.15, -0.1) is 11.8 Å². The van der Waals surface area contributed by atoms with E-state index in [0.29, 0.717) is 22.1 Å². The Labute approximate surface area is 105 Å². The maximum atomic E-state index is 9.92. The number of aliphatic hydroxyl groups is 1. The molecule has 1 aromatic carbocycles. The molecule has 16 heavy (non-hydrogen) atoms. The molecule has 0 radical (unpaired) electrons. The van der Waals surface area contributed by atoms with Crippen LogP contribution in [-0.2, 0) is 0 Å². The van der Waals surface area contributed by atoms with Gasteiger partial charge in [-0.1, -0.05) is 35.9 Å². The van der Waals surface area contributed by atoms with Crippen molar-refractivity contribution in [2.45, 2.75) is 22.7 Å². The molecule has 3 heteroatoms. The number of hydrogen-bond donors (Lipinski definition) is 1. The van der Waals surface area contributed by atoms with Gasteiger partial charge in [0.25, 0.3) is 0 Å². The molecule has 4 atom stereocenters. The SMILES string of the molecule is O[C@H]1C(Cl)=C[C@@H]2C[C@H]1[C@@H]2Sc1ccccc1. The molecule has 3 aliphatic carbocycles. The van der Waals surface area contributed by atoms with E-state index >= 15 is 0 Å². The van der Waals surface area contributed by atoms with Gasteiger partial charge in [-0.25, -0.2) is 0 Å². The summed E-state index contributed by atoms with van der Waals surface area (Å²) in [5, 5.41) is 11.1. The number of halogens is 1. The van der Waals surface area contributed by atoms with Gasteiger partial charge in [-0.05, 0) is 24.5 Å². The molecule has 0 aromatic heterocycles. The number of aliphatic hydroxyl groups excluding tert-OH is 1. The van der Waals surface area contributed by atoms with Crippen molar-refractivity contribution in [1.82, 2.24) is 0 Å². The average molecular weight is 253 g/mol. The molecule has 0 amide bonds. The van der Waals surface area contributed by atoms with Crippen LogP contribution in [0.1, 0.15) is 6.42 Å². The van der Waals surface area contributed by atoms with Gasteiger partial charge in [0, 0.05) is 21.1 Å². The molecule has 0 saturated heterocycles. The quantitative estimate of drug-likeness (QED) is 0.872. The average Bonchev–Trinajstić information content (AvgIpc) is 2.30. The second-order valence-electron chi connectivity index (χ2n) is 4.46. The number of hydrogen-bond acceptors (Lipinski definition) is 2. The van der Waals surface area contributed by atoms with Gasteiger partial charge >= 0.3 is 0 Å². The normalized spacial score (nSPS) is 36.5. The van der Waals surface area contributed by atoms with Gasteiger partial charge in [0.05, 0.1) is 6.10 Å². The summed E-state index contributed by atoms with van der Waals surface area (Å²) in [7, 11) is 0. The second kappa shape index (κ2) is 4.10.